The van der Waals surface area contributed by atoms with Crippen molar-refractivity contribution in [1.29, 1.82) is 0 Å². The summed E-state index contributed by atoms with van der Waals surface area (Å²) in [5.41, 5.74) is 1.85. The smallest absolute Gasteiger partial charge is 0.216 e. The zero-order valence-corrected chi connectivity index (χ0v) is 20.0. The number of rotatable bonds is 6. The molecule has 0 amide bonds. The predicted octanol–water partition coefficient (Wildman–Crippen LogP) is 4.79. The van der Waals surface area contributed by atoms with Crippen LogP contribution < -0.4 is 0 Å². The molecule has 0 aromatic carbocycles. The summed E-state index contributed by atoms with van der Waals surface area (Å²) in [5, 5.41) is 11.4. The Balaban J connectivity index is 6.52. The molecule has 0 aromatic rings. The number of methoxy groups -OCH3 is 2. The first-order chi connectivity index (χ1) is 11.6. The van der Waals surface area contributed by atoms with Gasteiger partial charge in [0.2, 0.25) is 5.60 Å². The minimum absolute atomic E-state index is 0.480. The lowest BCUT2D eigenvalue weighted by Gasteiger charge is -2.39. The van der Waals surface area contributed by atoms with Crippen molar-refractivity contribution in [2.75, 3.05) is 14.2 Å². The predicted molar refractivity (Wildman–Crippen MR) is 114 cm³/mol. The van der Waals surface area contributed by atoms with Crippen LogP contribution in [0.3, 0.4) is 0 Å². The zero-order chi connectivity index (χ0) is 21.0. The molecule has 0 fully saturated rings. The highest BCUT2D eigenvalue weighted by atomic mass is 28.3. The first kappa shape index (κ1) is 25.2. The number of hydrogen-bond donors (Lipinski definition) is 1. The highest BCUT2D eigenvalue weighted by Gasteiger charge is 2.45. The Bertz CT molecular complexity index is 560. The minimum Gasteiger partial charge on any atom is -0.374 e. The van der Waals surface area contributed by atoms with Gasteiger partial charge in [0.1, 0.15) is 19.3 Å². The van der Waals surface area contributed by atoms with Crippen molar-refractivity contribution >= 4 is 8.07 Å². The molecule has 0 saturated heterocycles. The van der Waals surface area contributed by atoms with E-state index in [-0.39, 0.29) is 0 Å². The summed E-state index contributed by atoms with van der Waals surface area (Å²) in [6.07, 6.45) is 0. The van der Waals surface area contributed by atoms with Gasteiger partial charge in [-0.2, -0.15) is 0 Å². The molecular weight excluding hydrogens is 340 g/mol. The molecule has 0 saturated carbocycles. The van der Waals surface area contributed by atoms with Gasteiger partial charge < -0.3 is 14.6 Å². The van der Waals surface area contributed by atoms with Gasteiger partial charge in [-0.05, 0) is 50.2 Å². The lowest BCUT2D eigenvalue weighted by Crippen LogP contribution is -2.51. The van der Waals surface area contributed by atoms with Gasteiger partial charge in [0.25, 0.3) is 0 Å². The Morgan fingerprint density at radius 3 is 1.46 bits per heavy atom. The van der Waals surface area contributed by atoms with Gasteiger partial charge in [-0.3, -0.25) is 0 Å². The topological polar surface area (TPSA) is 38.7 Å². The van der Waals surface area contributed by atoms with E-state index in [4.69, 9.17) is 9.47 Å². The summed E-state index contributed by atoms with van der Waals surface area (Å²) in [6, 6.07) is 0. The molecule has 26 heavy (non-hydrogen) atoms. The molecular formula is C22H40O3Si. The van der Waals surface area contributed by atoms with Crippen molar-refractivity contribution < 1.29 is 14.6 Å². The van der Waals surface area contributed by atoms with E-state index >= 15 is 0 Å². The fraction of sp³-hybridized carbons (Fsp3) is 0.818. The number of hydrogen-bond acceptors (Lipinski definition) is 3. The summed E-state index contributed by atoms with van der Waals surface area (Å²) in [4.78, 5) is 0. The van der Waals surface area contributed by atoms with Crippen LogP contribution in [0.2, 0.25) is 16.6 Å². The van der Waals surface area contributed by atoms with Crippen molar-refractivity contribution in [3.63, 3.8) is 0 Å². The third-order valence-corrected chi connectivity index (χ3v) is 12.1. The molecule has 0 rings (SSSR count). The van der Waals surface area contributed by atoms with Crippen LogP contribution in [-0.4, -0.2) is 44.2 Å². The van der Waals surface area contributed by atoms with E-state index in [0.29, 0.717) is 16.6 Å². The van der Waals surface area contributed by atoms with E-state index in [0.717, 1.165) is 0 Å². The van der Waals surface area contributed by atoms with Gasteiger partial charge in [-0.25, -0.2) is 0 Å². The number of ether oxygens (including phenoxy) is 2. The molecule has 0 spiro atoms. The van der Waals surface area contributed by atoms with E-state index in [1.807, 2.05) is 27.7 Å². The Labute approximate surface area is 163 Å². The molecule has 0 aliphatic heterocycles. The minimum atomic E-state index is -1.99. The van der Waals surface area contributed by atoms with E-state index in [2.05, 4.69) is 64.8 Å². The fourth-order valence-electron chi connectivity index (χ4n) is 3.40. The summed E-state index contributed by atoms with van der Waals surface area (Å²) in [6.45, 7) is 20.9. The van der Waals surface area contributed by atoms with Gasteiger partial charge in [-0.15, -0.1) is 5.54 Å². The third-order valence-electron chi connectivity index (χ3n) is 5.76. The van der Waals surface area contributed by atoms with Crippen LogP contribution in [0.4, 0.5) is 0 Å². The van der Waals surface area contributed by atoms with Crippen molar-refractivity contribution in [3.8, 4) is 23.3 Å². The summed E-state index contributed by atoms with van der Waals surface area (Å²) < 4.78 is 10.9. The molecule has 0 aromatic heterocycles. The lowest BCUT2D eigenvalue weighted by molar-refractivity contribution is -0.0871. The van der Waals surface area contributed by atoms with E-state index < -0.39 is 24.9 Å². The maximum absolute atomic E-state index is 11.4. The van der Waals surface area contributed by atoms with Crippen molar-refractivity contribution in [2.45, 2.75) is 103 Å². The van der Waals surface area contributed by atoms with Crippen LogP contribution in [0, 0.1) is 23.3 Å². The van der Waals surface area contributed by atoms with E-state index in [1.54, 1.807) is 14.2 Å². The molecule has 0 bridgehead atoms. The molecule has 4 heteroatoms. The van der Waals surface area contributed by atoms with Crippen molar-refractivity contribution in [2.24, 2.45) is 0 Å². The molecule has 0 heterocycles. The average molecular weight is 381 g/mol. The molecule has 1 atom stereocenters. The van der Waals surface area contributed by atoms with Gasteiger partial charge in [0.05, 0.1) is 0 Å². The molecule has 0 aliphatic rings. The van der Waals surface area contributed by atoms with Gasteiger partial charge in [0, 0.05) is 14.2 Å². The van der Waals surface area contributed by atoms with Gasteiger partial charge >= 0.3 is 0 Å². The second-order valence-corrected chi connectivity index (χ2v) is 14.6. The summed E-state index contributed by atoms with van der Waals surface area (Å²) in [7, 11) is 1.20. The molecule has 0 radical (unpaired) electrons. The second kappa shape index (κ2) is 8.94. The standard InChI is InChI=1S/C22H40O3Si/c1-17(2)26(18(3)4,19(5)6)16-15-22(23,21(9,10)25-12)14-13-20(7,8)24-11/h17-19,23H,1-12H3. The highest BCUT2D eigenvalue weighted by Crippen LogP contribution is 2.41. The normalized spacial score (nSPS) is 15.4. The Hall–Kier alpha value is -0.783. The summed E-state index contributed by atoms with van der Waals surface area (Å²) in [5.74, 6) is 9.18. The Morgan fingerprint density at radius 1 is 0.731 bits per heavy atom. The zero-order valence-electron chi connectivity index (χ0n) is 19.0. The van der Waals surface area contributed by atoms with Crippen LogP contribution in [0.1, 0.15) is 69.2 Å². The van der Waals surface area contributed by atoms with Gasteiger partial charge in [-0.1, -0.05) is 53.4 Å². The number of aliphatic hydroxyl groups is 1. The molecule has 0 aliphatic carbocycles. The average Bonchev–Trinajstić information content (AvgIpc) is 2.52. The summed E-state index contributed by atoms with van der Waals surface area (Å²) >= 11 is 0. The van der Waals surface area contributed by atoms with Crippen molar-refractivity contribution in [3.05, 3.63) is 0 Å². The van der Waals surface area contributed by atoms with Gasteiger partial charge in [0.15, 0.2) is 0 Å². The van der Waals surface area contributed by atoms with Crippen molar-refractivity contribution in [1.82, 2.24) is 0 Å². The first-order valence-electron chi connectivity index (χ1n) is 9.53. The SMILES string of the molecule is COC(C)(C)C#CC(O)(C#C[Si](C(C)C)(C(C)C)C(C)C)C(C)(C)OC. The van der Waals surface area contributed by atoms with E-state index in [1.165, 1.54) is 0 Å². The molecule has 1 unspecified atom stereocenters. The molecule has 3 nitrogen and oxygen atoms in total. The fourth-order valence-corrected chi connectivity index (χ4v) is 8.67. The van der Waals surface area contributed by atoms with Crippen LogP contribution >= 0.6 is 0 Å². The third kappa shape index (κ3) is 5.36. The maximum Gasteiger partial charge on any atom is 0.216 e. The van der Waals surface area contributed by atoms with Crippen LogP contribution in [0.15, 0.2) is 0 Å². The molecule has 150 valence electrons. The monoisotopic (exact) mass is 380 g/mol. The lowest BCUT2D eigenvalue weighted by atomic mass is 9.86. The quantitative estimate of drug-likeness (QED) is 0.532. The van der Waals surface area contributed by atoms with E-state index in [9.17, 15) is 5.11 Å². The second-order valence-electron chi connectivity index (χ2n) is 9.04. The largest absolute Gasteiger partial charge is 0.374 e. The molecule has 1 N–H and O–H groups in total. The maximum atomic E-state index is 11.4. The first-order valence-corrected chi connectivity index (χ1v) is 11.8. The van der Waals surface area contributed by atoms with Crippen LogP contribution in [0.25, 0.3) is 0 Å². The van der Waals surface area contributed by atoms with Crippen LogP contribution in [0.5, 0.6) is 0 Å². The Kier molecular flexibility index (Phi) is 8.67. The Morgan fingerprint density at radius 2 is 1.15 bits per heavy atom. The van der Waals surface area contributed by atoms with Crippen LogP contribution in [-0.2, 0) is 9.47 Å². The highest BCUT2D eigenvalue weighted by molar-refractivity contribution is 6.90.